The van der Waals surface area contributed by atoms with Crippen LogP contribution in [0.3, 0.4) is 0 Å². The molecule has 0 saturated carbocycles. The van der Waals surface area contributed by atoms with Crippen molar-refractivity contribution in [2.75, 3.05) is 58.6 Å². The molecule has 2 aliphatic heterocycles. The summed E-state index contributed by atoms with van der Waals surface area (Å²) in [6.45, 7) is 2.84. The largest absolute Gasteiger partial charge is 0.496 e. The van der Waals surface area contributed by atoms with Gasteiger partial charge in [0.1, 0.15) is 17.6 Å². The minimum atomic E-state index is -0.0356. The molecule has 10 nitrogen and oxygen atoms in total. The van der Waals surface area contributed by atoms with Crippen molar-refractivity contribution in [1.29, 1.82) is 0 Å². The van der Waals surface area contributed by atoms with E-state index in [-0.39, 0.29) is 12.0 Å². The molecule has 1 aromatic heterocycles. The van der Waals surface area contributed by atoms with E-state index in [1.165, 1.54) is 0 Å². The highest BCUT2D eigenvalue weighted by atomic mass is 16.5. The monoisotopic (exact) mass is 518 g/mol. The Morgan fingerprint density at radius 1 is 1.11 bits per heavy atom. The number of likely N-dealkylation sites (tertiary alicyclic amines) is 1. The molecule has 0 unspecified atom stereocenters. The van der Waals surface area contributed by atoms with Crippen molar-refractivity contribution in [3.8, 4) is 22.8 Å². The maximum absolute atomic E-state index is 13.0. The number of nitrogens with one attached hydrogen (secondary N) is 1. The predicted octanol–water partition coefficient (Wildman–Crippen LogP) is 3.42. The Morgan fingerprint density at radius 2 is 1.89 bits per heavy atom. The highest BCUT2D eigenvalue weighted by molar-refractivity contribution is 5.98. The number of hydrogen-bond donors (Lipinski definition) is 2. The first-order valence-electron chi connectivity index (χ1n) is 12.8. The average molecular weight is 519 g/mol. The van der Waals surface area contributed by atoms with E-state index >= 15 is 0 Å². The second kappa shape index (κ2) is 11.2. The van der Waals surface area contributed by atoms with E-state index in [1.807, 2.05) is 49.3 Å². The van der Waals surface area contributed by atoms with Crippen molar-refractivity contribution >= 4 is 23.2 Å². The molecule has 3 aromatic rings. The molecule has 1 amide bonds. The summed E-state index contributed by atoms with van der Waals surface area (Å²) in [7, 11) is 5.61. The molecule has 5 rings (SSSR count). The standard InChI is InChI=1S/C28H34N6O4/c1-33(2)20-16-34(17-20)27(35)22-6-5-19(15-26(22)36-3)31-28-30-11-8-24(32-28)18-4-7-25(23(29)14-18)38-21-9-12-37-13-10-21/h4-8,11,14-15,20-21H,9-10,12-13,16-17,29H2,1-3H3,(H,30,31,32). The zero-order valence-electron chi connectivity index (χ0n) is 22.0. The number of nitrogen functional groups attached to an aromatic ring is 1. The van der Waals surface area contributed by atoms with E-state index in [1.54, 1.807) is 25.4 Å². The maximum atomic E-state index is 13.0. The lowest BCUT2D eigenvalue weighted by Gasteiger charge is -2.42. The number of amides is 1. The van der Waals surface area contributed by atoms with Gasteiger partial charge in [-0.05, 0) is 50.5 Å². The quantitative estimate of drug-likeness (QED) is 0.433. The normalized spacial score (nSPS) is 16.3. The summed E-state index contributed by atoms with van der Waals surface area (Å²) in [5.74, 6) is 1.55. The van der Waals surface area contributed by atoms with Crippen LogP contribution in [0.4, 0.5) is 17.3 Å². The lowest BCUT2D eigenvalue weighted by atomic mass is 10.0. The van der Waals surface area contributed by atoms with Crippen LogP contribution in [-0.4, -0.2) is 85.3 Å². The molecule has 0 bridgehead atoms. The lowest BCUT2D eigenvalue weighted by Crippen LogP contribution is -2.59. The number of methoxy groups -OCH3 is 1. The smallest absolute Gasteiger partial charge is 0.257 e. The molecule has 2 aromatic carbocycles. The average Bonchev–Trinajstić information content (AvgIpc) is 2.89. The van der Waals surface area contributed by atoms with Crippen molar-refractivity contribution in [3.05, 3.63) is 54.2 Å². The van der Waals surface area contributed by atoms with Gasteiger partial charge in [-0.25, -0.2) is 9.97 Å². The zero-order valence-corrected chi connectivity index (χ0v) is 22.0. The van der Waals surface area contributed by atoms with Crippen molar-refractivity contribution in [1.82, 2.24) is 19.8 Å². The Hall–Kier alpha value is -3.89. The van der Waals surface area contributed by atoms with Gasteiger partial charge >= 0.3 is 0 Å². The predicted molar refractivity (Wildman–Crippen MR) is 146 cm³/mol. The van der Waals surface area contributed by atoms with Crippen molar-refractivity contribution in [3.63, 3.8) is 0 Å². The van der Waals surface area contributed by atoms with Gasteiger partial charge in [0.25, 0.3) is 5.91 Å². The number of anilines is 3. The van der Waals surface area contributed by atoms with Crippen LogP contribution >= 0.6 is 0 Å². The van der Waals surface area contributed by atoms with Crippen LogP contribution in [0.2, 0.25) is 0 Å². The van der Waals surface area contributed by atoms with Crippen molar-refractivity contribution < 1.29 is 19.0 Å². The summed E-state index contributed by atoms with van der Waals surface area (Å²) in [6, 6.07) is 13.3. The Bertz CT molecular complexity index is 1290. The van der Waals surface area contributed by atoms with Gasteiger partial charge in [0.15, 0.2) is 0 Å². The van der Waals surface area contributed by atoms with Gasteiger partial charge in [0, 0.05) is 55.5 Å². The minimum absolute atomic E-state index is 0.0356. The van der Waals surface area contributed by atoms with Gasteiger partial charge < -0.3 is 35.1 Å². The minimum Gasteiger partial charge on any atom is -0.496 e. The first-order chi connectivity index (χ1) is 18.4. The lowest BCUT2D eigenvalue weighted by molar-refractivity contribution is 0.0258. The topological polar surface area (TPSA) is 115 Å². The molecule has 3 N–H and O–H groups in total. The van der Waals surface area contributed by atoms with E-state index in [4.69, 9.17) is 19.9 Å². The number of ether oxygens (including phenoxy) is 3. The fourth-order valence-electron chi connectivity index (χ4n) is 4.56. The molecule has 3 heterocycles. The fraction of sp³-hybridized carbons (Fsp3) is 0.393. The van der Waals surface area contributed by atoms with Gasteiger partial charge in [-0.2, -0.15) is 0 Å². The Balaban J connectivity index is 1.27. The maximum Gasteiger partial charge on any atom is 0.257 e. The van der Waals surface area contributed by atoms with Crippen molar-refractivity contribution in [2.24, 2.45) is 0 Å². The van der Waals surface area contributed by atoms with E-state index in [9.17, 15) is 4.79 Å². The molecule has 0 spiro atoms. The van der Waals surface area contributed by atoms with E-state index in [2.05, 4.69) is 20.2 Å². The second-order valence-electron chi connectivity index (χ2n) is 9.82. The van der Waals surface area contributed by atoms with Gasteiger partial charge in [0.05, 0.1) is 37.3 Å². The molecule has 2 fully saturated rings. The van der Waals surface area contributed by atoms with Gasteiger partial charge in [-0.15, -0.1) is 0 Å². The van der Waals surface area contributed by atoms with Crippen LogP contribution < -0.4 is 20.5 Å². The van der Waals surface area contributed by atoms with Crippen LogP contribution in [0, 0.1) is 0 Å². The van der Waals surface area contributed by atoms with Gasteiger partial charge in [-0.1, -0.05) is 0 Å². The highest BCUT2D eigenvalue weighted by Crippen LogP contribution is 2.31. The number of nitrogens with zero attached hydrogens (tertiary/aromatic N) is 4. The molecule has 2 aliphatic rings. The highest BCUT2D eigenvalue weighted by Gasteiger charge is 2.33. The molecule has 2 saturated heterocycles. The third-order valence-corrected chi connectivity index (χ3v) is 6.99. The van der Waals surface area contributed by atoms with E-state index in [0.717, 1.165) is 24.1 Å². The van der Waals surface area contributed by atoms with Gasteiger partial charge in [-0.3, -0.25) is 4.79 Å². The number of carbonyl (C=O) groups excluding carboxylic acids is 1. The molecule has 0 aliphatic carbocycles. The summed E-state index contributed by atoms with van der Waals surface area (Å²) >= 11 is 0. The number of nitrogens with two attached hydrogens (primary N) is 1. The van der Waals surface area contributed by atoms with Crippen LogP contribution in [0.15, 0.2) is 48.7 Å². The van der Waals surface area contributed by atoms with Gasteiger partial charge in [0.2, 0.25) is 5.95 Å². The zero-order chi connectivity index (χ0) is 26.6. The summed E-state index contributed by atoms with van der Waals surface area (Å²) < 4.78 is 17.0. The van der Waals surface area contributed by atoms with E-state index in [0.29, 0.717) is 66.7 Å². The summed E-state index contributed by atoms with van der Waals surface area (Å²) in [5.41, 5.74) is 9.69. The summed E-state index contributed by atoms with van der Waals surface area (Å²) in [5, 5.41) is 3.21. The molecule has 10 heteroatoms. The van der Waals surface area contributed by atoms with Crippen LogP contribution in [0.5, 0.6) is 11.5 Å². The molecule has 0 atom stereocenters. The molecular formula is C28H34N6O4. The number of aromatic nitrogens is 2. The number of benzene rings is 2. The number of hydrogen-bond acceptors (Lipinski definition) is 9. The number of likely N-dealkylation sites (N-methyl/N-ethyl adjacent to an activating group) is 1. The SMILES string of the molecule is COc1cc(Nc2nccc(-c3ccc(OC4CCOCC4)c(N)c3)n2)ccc1C(=O)N1CC(N(C)C)C1. The van der Waals surface area contributed by atoms with Crippen LogP contribution in [0.25, 0.3) is 11.3 Å². The Kier molecular flexibility index (Phi) is 7.62. The Morgan fingerprint density at radius 3 is 2.61 bits per heavy atom. The van der Waals surface area contributed by atoms with E-state index < -0.39 is 0 Å². The third kappa shape index (κ3) is 5.66. The Labute approximate surface area is 222 Å². The molecule has 0 radical (unpaired) electrons. The van der Waals surface area contributed by atoms with Crippen LogP contribution in [-0.2, 0) is 4.74 Å². The third-order valence-electron chi connectivity index (χ3n) is 6.99. The van der Waals surface area contributed by atoms with Crippen LogP contribution in [0.1, 0.15) is 23.2 Å². The first kappa shape index (κ1) is 25.7. The van der Waals surface area contributed by atoms with Crippen molar-refractivity contribution in [2.45, 2.75) is 25.0 Å². The molecule has 38 heavy (non-hydrogen) atoms. The summed E-state index contributed by atoms with van der Waals surface area (Å²) in [6.07, 6.45) is 3.52. The molecule has 200 valence electrons. The fourth-order valence-corrected chi connectivity index (χ4v) is 4.56. The number of rotatable bonds is 8. The molecular weight excluding hydrogens is 484 g/mol. The number of carbonyl (C=O) groups is 1. The summed E-state index contributed by atoms with van der Waals surface area (Å²) in [4.78, 5) is 25.9. The second-order valence-corrected chi connectivity index (χ2v) is 9.82. The first-order valence-corrected chi connectivity index (χ1v) is 12.8.